The molecule has 4 nitrogen and oxygen atoms in total. The highest BCUT2D eigenvalue weighted by Gasteiger charge is 2.33. The molecule has 36 heavy (non-hydrogen) atoms. The first kappa shape index (κ1) is 29.0. The first-order chi connectivity index (χ1) is 16.6. The van der Waals surface area contributed by atoms with E-state index in [1.165, 1.54) is 16.7 Å². The van der Waals surface area contributed by atoms with Gasteiger partial charge < -0.3 is 18.7 Å². The molecule has 0 spiro atoms. The van der Waals surface area contributed by atoms with Crippen molar-refractivity contribution in [3.63, 3.8) is 0 Å². The molecule has 0 atom stereocenters. The van der Waals surface area contributed by atoms with Crippen molar-refractivity contribution in [1.29, 1.82) is 0 Å². The minimum Gasteiger partial charge on any atom is -0.507 e. The van der Waals surface area contributed by atoms with Gasteiger partial charge in [-0.05, 0) is 64.8 Å². The Balaban J connectivity index is 2.10. The predicted octanol–water partition coefficient (Wildman–Crippen LogP) is 8.66. The number of hydrogen-bond acceptors (Lipinski definition) is 4. The monoisotopic (exact) mass is 514 g/mol. The van der Waals surface area contributed by atoms with Crippen LogP contribution in [-0.2, 0) is 33.7 Å². The number of aromatic hydroxyl groups is 1. The van der Waals surface area contributed by atoms with Crippen molar-refractivity contribution in [2.24, 2.45) is 17.3 Å². The van der Waals surface area contributed by atoms with Crippen LogP contribution >= 0.6 is 8.60 Å². The fourth-order valence-electron chi connectivity index (χ4n) is 4.56. The molecule has 1 heterocycles. The van der Waals surface area contributed by atoms with Crippen molar-refractivity contribution >= 4 is 8.60 Å². The minimum absolute atomic E-state index is 0.0103. The van der Waals surface area contributed by atoms with E-state index in [1.807, 2.05) is 0 Å². The second kappa shape index (κ2) is 11.4. The quantitative estimate of drug-likeness (QED) is 0.358. The molecule has 3 rings (SSSR count). The molecule has 2 aromatic carbocycles. The van der Waals surface area contributed by atoms with E-state index < -0.39 is 8.60 Å². The van der Waals surface area contributed by atoms with E-state index in [4.69, 9.17) is 13.6 Å². The van der Waals surface area contributed by atoms with E-state index in [-0.39, 0.29) is 10.8 Å². The van der Waals surface area contributed by atoms with Crippen LogP contribution in [0.3, 0.4) is 0 Å². The number of hydrogen-bond donors (Lipinski definition) is 1. The van der Waals surface area contributed by atoms with Crippen molar-refractivity contribution in [2.45, 2.75) is 93.9 Å². The summed E-state index contributed by atoms with van der Waals surface area (Å²) in [4.78, 5) is 0. The molecular formula is C31H47O4P. The molecule has 1 aliphatic heterocycles. The van der Waals surface area contributed by atoms with Crippen LogP contribution in [0, 0.1) is 24.2 Å². The van der Waals surface area contributed by atoms with E-state index in [1.54, 1.807) is 0 Å². The summed E-state index contributed by atoms with van der Waals surface area (Å²) in [5.41, 5.74) is 6.63. The summed E-state index contributed by atoms with van der Waals surface area (Å²) in [6, 6.07) is 8.77. The van der Waals surface area contributed by atoms with Gasteiger partial charge in [0.05, 0.1) is 13.2 Å². The SMILES string of the molecule is Cc1cc(Cc2cc(C(C)(C)C)cc(CC(C)C)c2OP2OCC(C)(C)CO2)c(O)c(CC(C)C)c1. The van der Waals surface area contributed by atoms with Gasteiger partial charge in [0.25, 0.3) is 0 Å². The second-order valence-corrected chi connectivity index (χ2v) is 14.4. The van der Waals surface area contributed by atoms with Gasteiger partial charge >= 0.3 is 8.60 Å². The zero-order chi connectivity index (χ0) is 26.8. The van der Waals surface area contributed by atoms with Gasteiger partial charge in [0, 0.05) is 11.8 Å². The number of phenols is 1. The highest BCUT2D eigenvalue weighted by Crippen LogP contribution is 2.49. The Labute approximate surface area is 220 Å². The Hall–Kier alpha value is -1.61. The molecule has 0 saturated carbocycles. The molecule has 0 bridgehead atoms. The minimum atomic E-state index is -1.47. The van der Waals surface area contributed by atoms with Crippen LogP contribution < -0.4 is 4.52 Å². The third-order valence-corrected chi connectivity index (χ3v) is 7.46. The maximum absolute atomic E-state index is 11.3. The van der Waals surface area contributed by atoms with Crippen LogP contribution in [0.5, 0.6) is 11.5 Å². The highest BCUT2D eigenvalue weighted by atomic mass is 31.2. The molecule has 2 aromatic rings. The summed E-state index contributed by atoms with van der Waals surface area (Å²) in [7, 11) is -1.47. The second-order valence-electron chi connectivity index (χ2n) is 13.2. The lowest BCUT2D eigenvalue weighted by Crippen LogP contribution is -2.29. The fourth-order valence-corrected chi connectivity index (χ4v) is 6.03. The Morgan fingerprint density at radius 1 is 0.889 bits per heavy atom. The molecule has 1 saturated heterocycles. The van der Waals surface area contributed by atoms with Crippen LogP contribution in [0.1, 0.15) is 95.7 Å². The number of rotatable bonds is 8. The van der Waals surface area contributed by atoms with E-state index in [9.17, 15) is 5.11 Å². The van der Waals surface area contributed by atoms with Gasteiger partial charge in [-0.2, -0.15) is 0 Å². The van der Waals surface area contributed by atoms with Gasteiger partial charge in [0.15, 0.2) is 0 Å². The van der Waals surface area contributed by atoms with Crippen LogP contribution in [0.2, 0.25) is 0 Å². The molecule has 0 unspecified atom stereocenters. The molecule has 0 radical (unpaired) electrons. The third-order valence-electron chi connectivity index (χ3n) is 6.45. The molecule has 200 valence electrons. The van der Waals surface area contributed by atoms with Crippen LogP contribution in [0.25, 0.3) is 0 Å². The molecule has 0 aromatic heterocycles. The lowest BCUT2D eigenvalue weighted by molar-refractivity contribution is 0.0424. The van der Waals surface area contributed by atoms with Crippen molar-refractivity contribution < 1.29 is 18.7 Å². The van der Waals surface area contributed by atoms with E-state index in [0.29, 0.717) is 37.2 Å². The Morgan fingerprint density at radius 2 is 1.42 bits per heavy atom. The standard InChI is InChI=1S/C31H47O4P/c1-20(2)11-23-13-22(5)14-24(28(23)32)15-26-17-27(30(6,7)8)16-25(12-21(3)4)29(26)35-36-33-18-31(9,10)19-34-36/h13-14,16-17,20-21,32H,11-12,15,18-19H2,1-10H3. The average Bonchev–Trinajstić information content (AvgIpc) is 2.73. The number of aryl methyl sites for hydroxylation is 1. The first-order valence-electron chi connectivity index (χ1n) is 13.4. The van der Waals surface area contributed by atoms with Crippen molar-refractivity contribution in [3.8, 4) is 11.5 Å². The molecular weight excluding hydrogens is 467 g/mol. The fraction of sp³-hybridized carbons (Fsp3) is 0.613. The summed E-state index contributed by atoms with van der Waals surface area (Å²) >= 11 is 0. The highest BCUT2D eigenvalue weighted by molar-refractivity contribution is 7.42. The van der Waals surface area contributed by atoms with Crippen LogP contribution in [-0.4, -0.2) is 18.3 Å². The van der Waals surface area contributed by atoms with E-state index in [2.05, 4.69) is 93.5 Å². The lowest BCUT2D eigenvalue weighted by atomic mass is 9.82. The molecule has 1 N–H and O–H groups in total. The average molecular weight is 515 g/mol. The van der Waals surface area contributed by atoms with Gasteiger partial charge in [-0.1, -0.05) is 92.1 Å². The normalized spacial score (nSPS) is 16.7. The zero-order valence-electron chi connectivity index (χ0n) is 24.1. The molecule has 1 fully saturated rings. The maximum Gasteiger partial charge on any atom is 0.397 e. The van der Waals surface area contributed by atoms with E-state index >= 15 is 0 Å². The summed E-state index contributed by atoms with van der Waals surface area (Å²) in [5.74, 6) is 2.21. The van der Waals surface area contributed by atoms with Gasteiger partial charge in [-0.15, -0.1) is 0 Å². The molecule has 5 heteroatoms. The topological polar surface area (TPSA) is 47.9 Å². The Bertz CT molecular complexity index is 1040. The number of benzene rings is 2. The van der Waals surface area contributed by atoms with E-state index in [0.717, 1.165) is 35.3 Å². The van der Waals surface area contributed by atoms with Gasteiger partial charge in [0.2, 0.25) is 0 Å². The summed E-state index contributed by atoms with van der Waals surface area (Å²) < 4.78 is 18.6. The summed E-state index contributed by atoms with van der Waals surface area (Å²) in [6.45, 7) is 23.2. The van der Waals surface area contributed by atoms with Crippen molar-refractivity contribution in [1.82, 2.24) is 0 Å². The van der Waals surface area contributed by atoms with Crippen molar-refractivity contribution in [2.75, 3.05) is 13.2 Å². The Morgan fingerprint density at radius 3 is 1.97 bits per heavy atom. The first-order valence-corrected chi connectivity index (χ1v) is 14.5. The van der Waals surface area contributed by atoms with Gasteiger partial charge in [-0.25, -0.2) is 0 Å². The maximum atomic E-state index is 11.3. The van der Waals surface area contributed by atoms with Crippen molar-refractivity contribution in [3.05, 3.63) is 57.6 Å². The summed E-state index contributed by atoms with van der Waals surface area (Å²) in [6.07, 6.45) is 2.35. The van der Waals surface area contributed by atoms with Crippen LogP contribution in [0.15, 0.2) is 24.3 Å². The molecule has 0 amide bonds. The lowest BCUT2D eigenvalue weighted by Gasteiger charge is -2.33. The zero-order valence-corrected chi connectivity index (χ0v) is 25.0. The molecule has 1 aliphatic rings. The van der Waals surface area contributed by atoms with Crippen LogP contribution in [0.4, 0.5) is 0 Å². The van der Waals surface area contributed by atoms with Gasteiger partial charge in [-0.3, -0.25) is 0 Å². The van der Waals surface area contributed by atoms with Gasteiger partial charge in [0.1, 0.15) is 11.5 Å². The predicted molar refractivity (Wildman–Crippen MR) is 151 cm³/mol. The third kappa shape index (κ3) is 7.70. The Kier molecular flexibility index (Phi) is 9.18. The largest absolute Gasteiger partial charge is 0.507 e. The smallest absolute Gasteiger partial charge is 0.397 e. The number of phenolic OH excluding ortho intramolecular Hbond substituents is 1. The summed E-state index contributed by atoms with van der Waals surface area (Å²) in [5, 5.41) is 11.3. The molecule has 0 aliphatic carbocycles.